The molecule has 15 heavy (non-hydrogen) atoms. The fraction of sp³-hybridized carbons (Fsp3) is 0.0909. The fourth-order valence-corrected chi connectivity index (χ4v) is 1.01. The van der Waals surface area contributed by atoms with E-state index in [1.54, 1.807) is 0 Å². The van der Waals surface area contributed by atoms with Crippen LogP contribution in [-0.4, -0.2) is 13.1 Å². The van der Waals surface area contributed by atoms with Crippen molar-refractivity contribution in [1.29, 1.82) is 5.26 Å². The molecular weight excluding hydrogens is 197 g/mol. The van der Waals surface area contributed by atoms with E-state index < -0.39 is 11.8 Å². The van der Waals surface area contributed by atoms with E-state index in [4.69, 9.17) is 5.26 Å². The van der Waals surface area contributed by atoms with Gasteiger partial charge in [-0.05, 0) is 23.8 Å². The van der Waals surface area contributed by atoms with Gasteiger partial charge in [0.15, 0.2) is 0 Å². The molecular formula is C11H8FNO2. The number of carbonyl (C=O) groups is 1. The first-order valence-electron chi connectivity index (χ1n) is 4.13. The second kappa shape index (κ2) is 4.91. The van der Waals surface area contributed by atoms with Gasteiger partial charge >= 0.3 is 5.97 Å². The Hall–Kier alpha value is -2.15. The number of benzene rings is 1. The van der Waals surface area contributed by atoms with E-state index in [1.165, 1.54) is 37.4 Å². The maximum atomic E-state index is 12.6. The molecule has 1 aromatic carbocycles. The average Bonchev–Trinajstić information content (AvgIpc) is 2.29. The first kappa shape index (κ1) is 10.9. The third-order valence-corrected chi connectivity index (χ3v) is 1.73. The summed E-state index contributed by atoms with van der Waals surface area (Å²) in [6.45, 7) is 0. The number of rotatable bonds is 2. The summed E-state index contributed by atoms with van der Waals surface area (Å²) in [5.41, 5.74) is 0.897. The standard InChI is InChI=1S/C11H8FNO2/c1-15-11(14)9-4-2-8(3-5-9)6-10(12)7-13/h2-6H,1H3/b10-6-. The molecule has 0 N–H and O–H groups in total. The molecule has 0 unspecified atom stereocenters. The van der Waals surface area contributed by atoms with Crippen LogP contribution >= 0.6 is 0 Å². The summed E-state index contributed by atoms with van der Waals surface area (Å²) in [6.07, 6.45) is 1.08. The van der Waals surface area contributed by atoms with Gasteiger partial charge in [0.2, 0.25) is 5.83 Å². The normalized spacial score (nSPS) is 10.6. The van der Waals surface area contributed by atoms with Crippen molar-refractivity contribution in [2.45, 2.75) is 0 Å². The van der Waals surface area contributed by atoms with E-state index in [0.29, 0.717) is 11.1 Å². The predicted molar refractivity (Wildman–Crippen MR) is 52.5 cm³/mol. The quantitative estimate of drug-likeness (QED) is 0.549. The van der Waals surface area contributed by atoms with E-state index in [9.17, 15) is 9.18 Å². The van der Waals surface area contributed by atoms with E-state index in [1.807, 2.05) is 0 Å². The zero-order chi connectivity index (χ0) is 11.3. The van der Waals surface area contributed by atoms with Crippen molar-refractivity contribution in [3.05, 3.63) is 41.2 Å². The SMILES string of the molecule is COC(=O)c1ccc(/C=C(\F)C#N)cc1. The van der Waals surface area contributed by atoms with E-state index in [-0.39, 0.29) is 0 Å². The molecule has 1 rings (SSSR count). The van der Waals surface area contributed by atoms with Gasteiger partial charge < -0.3 is 4.74 Å². The van der Waals surface area contributed by atoms with Crippen LogP contribution in [-0.2, 0) is 4.74 Å². The summed E-state index contributed by atoms with van der Waals surface area (Å²) in [7, 11) is 1.28. The molecule has 0 aromatic heterocycles. The molecule has 0 fully saturated rings. The van der Waals surface area contributed by atoms with Gasteiger partial charge in [-0.1, -0.05) is 12.1 Å². The van der Waals surface area contributed by atoms with Crippen molar-refractivity contribution in [3.8, 4) is 6.07 Å². The molecule has 0 spiro atoms. The molecule has 4 heteroatoms. The number of allylic oxidation sites excluding steroid dienone is 1. The topological polar surface area (TPSA) is 50.1 Å². The van der Waals surface area contributed by atoms with Crippen LogP contribution in [0.1, 0.15) is 15.9 Å². The van der Waals surface area contributed by atoms with Gasteiger partial charge in [0.05, 0.1) is 12.7 Å². The van der Waals surface area contributed by atoms with Crippen LogP contribution in [0.3, 0.4) is 0 Å². The second-order valence-corrected chi connectivity index (χ2v) is 2.72. The van der Waals surface area contributed by atoms with Crippen LogP contribution in [0.4, 0.5) is 4.39 Å². The Morgan fingerprint density at radius 2 is 2.07 bits per heavy atom. The number of esters is 1. The van der Waals surface area contributed by atoms with Gasteiger partial charge in [-0.3, -0.25) is 0 Å². The number of hydrogen-bond acceptors (Lipinski definition) is 3. The summed E-state index contributed by atoms with van der Waals surface area (Å²) >= 11 is 0. The average molecular weight is 205 g/mol. The predicted octanol–water partition coefficient (Wildman–Crippen LogP) is 2.31. The summed E-state index contributed by atoms with van der Waals surface area (Å²) in [6, 6.07) is 7.43. The minimum absolute atomic E-state index is 0.381. The zero-order valence-corrected chi connectivity index (χ0v) is 8.03. The van der Waals surface area contributed by atoms with Crippen LogP contribution in [0.25, 0.3) is 6.08 Å². The highest BCUT2D eigenvalue weighted by atomic mass is 19.1. The molecule has 76 valence electrons. The van der Waals surface area contributed by atoms with Crippen molar-refractivity contribution in [3.63, 3.8) is 0 Å². The Balaban J connectivity index is 2.92. The maximum Gasteiger partial charge on any atom is 0.337 e. The maximum absolute atomic E-state index is 12.6. The number of hydrogen-bond donors (Lipinski definition) is 0. The number of nitriles is 1. The fourth-order valence-electron chi connectivity index (χ4n) is 1.01. The number of nitrogens with zero attached hydrogens (tertiary/aromatic N) is 1. The molecule has 3 nitrogen and oxygen atoms in total. The molecule has 0 atom stereocenters. The van der Waals surface area contributed by atoms with Gasteiger partial charge in [-0.2, -0.15) is 9.65 Å². The van der Waals surface area contributed by atoms with E-state index in [0.717, 1.165) is 6.08 Å². The van der Waals surface area contributed by atoms with Gasteiger partial charge in [0.25, 0.3) is 0 Å². The highest BCUT2D eigenvalue weighted by molar-refractivity contribution is 5.89. The van der Waals surface area contributed by atoms with Crippen molar-refractivity contribution in [2.75, 3.05) is 7.11 Å². The molecule has 0 radical (unpaired) electrons. The molecule has 0 bridgehead atoms. The van der Waals surface area contributed by atoms with Crippen molar-refractivity contribution >= 4 is 12.0 Å². The minimum Gasteiger partial charge on any atom is -0.465 e. The zero-order valence-electron chi connectivity index (χ0n) is 8.03. The molecule has 0 aliphatic rings. The number of carbonyl (C=O) groups excluding carboxylic acids is 1. The molecule has 0 heterocycles. The lowest BCUT2D eigenvalue weighted by Crippen LogP contribution is -2.00. The highest BCUT2D eigenvalue weighted by Crippen LogP contribution is 2.10. The molecule has 0 saturated heterocycles. The van der Waals surface area contributed by atoms with Crippen molar-refractivity contribution < 1.29 is 13.9 Å². The van der Waals surface area contributed by atoms with Gasteiger partial charge in [0, 0.05) is 0 Å². The Morgan fingerprint density at radius 1 is 1.47 bits per heavy atom. The van der Waals surface area contributed by atoms with Crippen LogP contribution < -0.4 is 0 Å². The third kappa shape index (κ3) is 2.92. The second-order valence-electron chi connectivity index (χ2n) is 2.72. The summed E-state index contributed by atoms with van der Waals surface area (Å²) in [5.74, 6) is -1.33. The first-order chi connectivity index (χ1) is 7.17. The van der Waals surface area contributed by atoms with Gasteiger partial charge in [-0.25, -0.2) is 4.79 Å². The molecule has 0 saturated carbocycles. The first-order valence-corrected chi connectivity index (χ1v) is 4.13. The lowest BCUT2D eigenvalue weighted by molar-refractivity contribution is 0.0601. The highest BCUT2D eigenvalue weighted by Gasteiger charge is 2.03. The third-order valence-electron chi connectivity index (χ3n) is 1.73. The van der Waals surface area contributed by atoms with Gasteiger partial charge in [0.1, 0.15) is 6.07 Å². The van der Waals surface area contributed by atoms with Gasteiger partial charge in [-0.15, -0.1) is 0 Å². The lowest BCUT2D eigenvalue weighted by atomic mass is 10.1. The largest absolute Gasteiger partial charge is 0.465 e. The van der Waals surface area contributed by atoms with Crippen LogP contribution in [0.15, 0.2) is 30.1 Å². The van der Waals surface area contributed by atoms with E-state index >= 15 is 0 Å². The summed E-state index contributed by atoms with van der Waals surface area (Å²) < 4.78 is 17.0. The summed E-state index contributed by atoms with van der Waals surface area (Å²) in [5, 5.41) is 8.21. The monoisotopic (exact) mass is 205 g/mol. The van der Waals surface area contributed by atoms with Crippen LogP contribution in [0.5, 0.6) is 0 Å². The minimum atomic E-state index is -0.874. The summed E-state index contributed by atoms with van der Waals surface area (Å²) in [4.78, 5) is 11.0. The van der Waals surface area contributed by atoms with Crippen LogP contribution in [0.2, 0.25) is 0 Å². The van der Waals surface area contributed by atoms with Crippen molar-refractivity contribution in [2.24, 2.45) is 0 Å². The van der Waals surface area contributed by atoms with Crippen molar-refractivity contribution in [1.82, 2.24) is 0 Å². The molecule has 0 aliphatic heterocycles. The Morgan fingerprint density at radius 3 is 2.53 bits per heavy atom. The molecule has 0 aliphatic carbocycles. The smallest absolute Gasteiger partial charge is 0.337 e. The van der Waals surface area contributed by atoms with Crippen LogP contribution in [0, 0.1) is 11.3 Å². The van der Waals surface area contributed by atoms with E-state index in [2.05, 4.69) is 4.74 Å². The lowest BCUT2D eigenvalue weighted by Gasteiger charge is -1.98. The number of methoxy groups -OCH3 is 1. The number of halogens is 1. The molecule has 0 amide bonds. The number of ether oxygens (including phenoxy) is 1. The molecule has 1 aromatic rings. The Labute approximate surface area is 86.4 Å². The Bertz CT molecular complexity index is 429. The Kier molecular flexibility index (Phi) is 3.58.